The average Bonchev–Trinajstić information content (AvgIpc) is 2.99. The Morgan fingerprint density at radius 2 is 2.08 bits per heavy atom. The Labute approximate surface area is 141 Å². The Bertz CT molecular complexity index is 769. The molecule has 0 spiro atoms. The van der Waals surface area contributed by atoms with E-state index in [0.717, 1.165) is 38.2 Å². The largest absolute Gasteiger partial charge is 0.339 e. The van der Waals surface area contributed by atoms with Crippen LogP contribution in [0.4, 0.5) is 0 Å². The lowest BCUT2D eigenvalue weighted by atomic mass is 9.96. The van der Waals surface area contributed by atoms with Crippen molar-refractivity contribution in [1.29, 1.82) is 0 Å². The van der Waals surface area contributed by atoms with E-state index >= 15 is 0 Å². The highest BCUT2D eigenvalue weighted by Crippen LogP contribution is 2.20. The second kappa shape index (κ2) is 7.03. The van der Waals surface area contributed by atoms with E-state index in [2.05, 4.69) is 16.3 Å². The third-order valence-electron chi connectivity index (χ3n) is 4.64. The molecule has 0 unspecified atom stereocenters. The minimum absolute atomic E-state index is 0.0378. The van der Waals surface area contributed by atoms with Crippen LogP contribution < -0.4 is 5.56 Å². The Hall–Kier alpha value is -2.37. The Morgan fingerprint density at radius 1 is 1.33 bits per heavy atom. The molecule has 2 aromatic rings. The van der Waals surface area contributed by atoms with Gasteiger partial charge in [0.1, 0.15) is 0 Å². The molecule has 0 atom stereocenters. The number of amides is 1. The first-order valence-corrected chi connectivity index (χ1v) is 8.56. The summed E-state index contributed by atoms with van der Waals surface area (Å²) in [5.41, 5.74) is 2.26. The summed E-state index contributed by atoms with van der Waals surface area (Å²) < 4.78 is 1.99. The molecule has 2 aromatic heterocycles. The first-order chi connectivity index (χ1) is 11.5. The zero-order valence-electron chi connectivity index (χ0n) is 14.3. The van der Waals surface area contributed by atoms with E-state index in [9.17, 15) is 9.59 Å². The average molecular weight is 328 g/mol. The van der Waals surface area contributed by atoms with Crippen molar-refractivity contribution in [3.63, 3.8) is 0 Å². The van der Waals surface area contributed by atoms with Crippen LogP contribution in [-0.2, 0) is 13.0 Å². The number of hydrogen-bond donors (Lipinski definition) is 1. The summed E-state index contributed by atoms with van der Waals surface area (Å²) in [7, 11) is 0. The third-order valence-corrected chi connectivity index (χ3v) is 4.64. The Balaban J connectivity index is 1.61. The van der Waals surface area contributed by atoms with Gasteiger partial charge in [0, 0.05) is 43.2 Å². The van der Waals surface area contributed by atoms with Crippen LogP contribution in [-0.4, -0.2) is 38.7 Å². The maximum Gasteiger partial charge on any atom is 0.254 e. The first kappa shape index (κ1) is 16.5. The SMILES string of the molecule is CCc1cc(C(=O)N2CCC(Cn3cc(C)cn3)CC2)cc(=O)[nH]1. The quantitative estimate of drug-likeness (QED) is 0.933. The second-order valence-corrected chi connectivity index (χ2v) is 6.59. The third kappa shape index (κ3) is 3.75. The number of aromatic nitrogens is 3. The van der Waals surface area contributed by atoms with Crippen LogP contribution in [0.2, 0.25) is 0 Å². The van der Waals surface area contributed by atoms with Crippen LogP contribution in [0.25, 0.3) is 0 Å². The summed E-state index contributed by atoms with van der Waals surface area (Å²) in [5, 5.41) is 4.34. The smallest absolute Gasteiger partial charge is 0.254 e. The molecule has 1 aliphatic rings. The Kier molecular flexibility index (Phi) is 4.83. The van der Waals surface area contributed by atoms with Gasteiger partial charge in [-0.3, -0.25) is 14.3 Å². The number of hydrogen-bond acceptors (Lipinski definition) is 3. The van der Waals surface area contributed by atoms with Crippen molar-refractivity contribution in [3.8, 4) is 0 Å². The zero-order chi connectivity index (χ0) is 17.1. The van der Waals surface area contributed by atoms with E-state index in [1.165, 1.54) is 11.6 Å². The molecular weight excluding hydrogens is 304 g/mol. The lowest BCUT2D eigenvalue weighted by Gasteiger charge is -2.32. The number of nitrogens with one attached hydrogen (secondary N) is 1. The molecular formula is C18H24N4O2. The van der Waals surface area contributed by atoms with Gasteiger partial charge in [0.25, 0.3) is 5.91 Å². The van der Waals surface area contributed by atoms with Crippen molar-refractivity contribution in [2.45, 2.75) is 39.7 Å². The number of nitrogens with zero attached hydrogens (tertiary/aromatic N) is 3. The van der Waals surface area contributed by atoms with Crippen molar-refractivity contribution in [3.05, 3.63) is 51.7 Å². The number of H-pyrrole nitrogens is 1. The molecule has 3 rings (SSSR count). The molecule has 1 aliphatic heterocycles. The van der Waals surface area contributed by atoms with Crippen molar-refractivity contribution in [2.75, 3.05) is 13.1 Å². The molecule has 0 saturated carbocycles. The molecule has 0 radical (unpaired) electrons. The number of piperidine rings is 1. The van der Waals surface area contributed by atoms with Crippen LogP contribution in [0.15, 0.2) is 29.3 Å². The first-order valence-electron chi connectivity index (χ1n) is 8.56. The van der Waals surface area contributed by atoms with Gasteiger partial charge in [0.05, 0.1) is 6.20 Å². The highest BCUT2D eigenvalue weighted by Gasteiger charge is 2.24. The van der Waals surface area contributed by atoms with Gasteiger partial charge < -0.3 is 9.88 Å². The van der Waals surface area contributed by atoms with Crippen molar-refractivity contribution in [1.82, 2.24) is 19.7 Å². The molecule has 0 aromatic carbocycles. The van der Waals surface area contributed by atoms with Crippen LogP contribution >= 0.6 is 0 Å². The predicted octanol–water partition coefficient (Wildman–Crippen LogP) is 1.99. The van der Waals surface area contributed by atoms with Gasteiger partial charge in [-0.05, 0) is 43.7 Å². The number of aryl methyl sites for hydroxylation is 2. The van der Waals surface area contributed by atoms with E-state index < -0.39 is 0 Å². The fraction of sp³-hybridized carbons (Fsp3) is 0.500. The number of rotatable bonds is 4. The number of likely N-dealkylation sites (tertiary alicyclic amines) is 1. The van der Waals surface area contributed by atoms with E-state index in [1.807, 2.05) is 29.6 Å². The van der Waals surface area contributed by atoms with E-state index in [4.69, 9.17) is 0 Å². The molecule has 6 heteroatoms. The van der Waals surface area contributed by atoms with Crippen molar-refractivity contribution < 1.29 is 4.79 Å². The molecule has 0 aliphatic carbocycles. The summed E-state index contributed by atoms with van der Waals surface area (Å²) in [5.74, 6) is 0.503. The molecule has 1 fully saturated rings. The van der Waals surface area contributed by atoms with Gasteiger partial charge >= 0.3 is 0 Å². The highest BCUT2D eigenvalue weighted by atomic mass is 16.2. The highest BCUT2D eigenvalue weighted by molar-refractivity contribution is 5.94. The molecule has 1 amide bonds. The fourth-order valence-electron chi connectivity index (χ4n) is 3.25. The molecule has 6 nitrogen and oxygen atoms in total. The van der Waals surface area contributed by atoms with Crippen LogP contribution in [0.3, 0.4) is 0 Å². The maximum absolute atomic E-state index is 12.6. The van der Waals surface area contributed by atoms with Crippen LogP contribution in [0.1, 0.15) is 41.4 Å². The Morgan fingerprint density at radius 3 is 2.71 bits per heavy atom. The number of carbonyl (C=O) groups is 1. The minimum atomic E-state index is -0.207. The summed E-state index contributed by atoms with van der Waals surface area (Å²) >= 11 is 0. The normalized spacial score (nSPS) is 15.7. The molecule has 128 valence electrons. The molecule has 1 saturated heterocycles. The van der Waals surface area contributed by atoms with Gasteiger partial charge in [-0.2, -0.15) is 5.10 Å². The van der Waals surface area contributed by atoms with Crippen molar-refractivity contribution in [2.24, 2.45) is 5.92 Å². The zero-order valence-corrected chi connectivity index (χ0v) is 14.3. The van der Waals surface area contributed by atoms with Gasteiger partial charge in [-0.1, -0.05) is 6.92 Å². The molecule has 0 bridgehead atoms. The second-order valence-electron chi connectivity index (χ2n) is 6.59. The van der Waals surface area contributed by atoms with Gasteiger partial charge in [0.15, 0.2) is 0 Å². The standard InChI is InChI=1S/C18H24N4O2/c1-3-16-8-15(9-17(23)20-16)18(24)21-6-4-14(5-7-21)12-22-11-13(2)10-19-22/h8-11,14H,3-7,12H2,1-2H3,(H,20,23). The van der Waals surface area contributed by atoms with E-state index in [-0.39, 0.29) is 11.5 Å². The van der Waals surface area contributed by atoms with Crippen molar-refractivity contribution >= 4 is 5.91 Å². The lowest BCUT2D eigenvalue weighted by molar-refractivity contribution is 0.0681. The summed E-state index contributed by atoms with van der Waals surface area (Å²) in [6.45, 7) is 6.37. The topological polar surface area (TPSA) is 71.0 Å². The summed E-state index contributed by atoms with van der Waals surface area (Å²) in [6, 6.07) is 3.20. The van der Waals surface area contributed by atoms with Gasteiger partial charge in [-0.25, -0.2) is 0 Å². The maximum atomic E-state index is 12.6. The molecule has 24 heavy (non-hydrogen) atoms. The van der Waals surface area contributed by atoms with E-state index in [0.29, 0.717) is 17.9 Å². The summed E-state index contributed by atoms with van der Waals surface area (Å²) in [4.78, 5) is 28.9. The molecule has 1 N–H and O–H groups in total. The van der Waals surface area contributed by atoms with Gasteiger partial charge in [-0.15, -0.1) is 0 Å². The van der Waals surface area contributed by atoms with E-state index in [1.54, 1.807) is 6.07 Å². The van der Waals surface area contributed by atoms with Crippen LogP contribution in [0, 0.1) is 12.8 Å². The minimum Gasteiger partial charge on any atom is -0.339 e. The monoisotopic (exact) mass is 328 g/mol. The summed E-state index contributed by atoms with van der Waals surface area (Å²) in [6.07, 6.45) is 6.57. The lowest BCUT2D eigenvalue weighted by Crippen LogP contribution is -2.39. The number of carbonyl (C=O) groups excluding carboxylic acids is 1. The number of pyridine rings is 1. The number of aromatic amines is 1. The van der Waals surface area contributed by atoms with Gasteiger partial charge in [0.2, 0.25) is 5.56 Å². The predicted molar refractivity (Wildman–Crippen MR) is 92.0 cm³/mol. The molecule has 3 heterocycles. The fourth-order valence-corrected chi connectivity index (χ4v) is 3.25. The van der Waals surface area contributed by atoms with Crippen LogP contribution in [0.5, 0.6) is 0 Å².